The number of esters is 1. The number of fused-ring (bicyclic) bond motifs is 5. The molecule has 1 N–H and O–H groups in total. The lowest BCUT2D eigenvalue weighted by Gasteiger charge is -2.32. The molecule has 0 aromatic carbocycles. The molecule has 0 saturated heterocycles. The molecule has 1 aromatic heterocycles. The predicted molar refractivity (Wildman–Crippen MR) is 77.7 cm³/mol. The summed E-state index contributed by atoms with van der Waals surface area (Å²) < 4.78 is 10.0. The monoisotopic (exact) mass is 289 g/mol. The third kappa shape index (κ3) is 2.11. The van der Waals surface area contributed by atoms with Gasteiger partial charge in [-0.3, -0.25) is 0 Å². The Hall–Kier alpha value is -1.29. The highest BCUT2D eigenvalue weighted by atomic mass is 16.5. The molecule has 4 nitrogen and oxygen atoms in total. The van der Waals surface area contributed by atoms with Crippen molar-refractivity contribution in [2.45, 2.75) is 44.7 Å². The molecule has 0 amide bonds. The molecule has 5 unspecified atom stereocenters. The van der Waals surface area contributed by atoms with Crippen LogP contribution in [0.5, 0.6) is 0 Å². The van der Waals surface area contributed by atoms with Crippen molar-refractivity contribution in [3.05, 3.63) is 23.7 Å². The first kappa shape index (κ1) is 13.4. The summed E-state index contributed by atoms with van der Waals surface area (Å²) in [6, 6.07) is 2.49. The topological polar surface area (TPSA) is 51.5 Å². The summed E-state index contributed by atoms with van der Waals surface area (Å²) in [5, 5.41) is 3.68. The molecule has 3 saturated carbocycles. The van der Waals surface area contributed by atoms with E-state index in [1.807, 2.05) is 6.07 Å². The van der Waals surface area contributed by atoms with Crippen molar-refractivity contribution < 1.29 is 13.9 Å². The van der Waals surface area contributed by atoms with Crippen LogP contribution < -0.4 is 5.32 Å². The normalized spacial score (nSPS) is 36.9. The average molecular weight is 289 g/mol. The summed E-state index contributed by atoms with van der Waals surface area (Å²) in [5.74, 6) is 3.74. The van der Waals surface area contributed by atoms with E-state index in [4.69, 9.17) is 9.15 Å². The number of carbonyl (C=O) groups is 1. The summed E-state index contributed by atoms with van der Waals surface area (Å²) in [4.78, 5) is 11.6. The maximum Gasteiger partial charge on any atom is 0.374 e. The van der Waals surface area contributed by atoms with Gasteiger partial charge in [-0.15, -0.1) is 0 Å². The lowest BCUT2D eigenvalue weighted by Crippen LogP contribution is -2.39. The zero-order chi connectivity index (χ0) is 14.4. The predicted octanol–water partition coefficient (Wildman–Crippen LogP) is 2.98. The average Bonchev–Trinajstić information content (AvgIpc) is 3.23. The maximum absolute atomic E-state index is 11.6. The van der Waals surface area contributed by atoms with Crippen LogP contribution in [0.3, 0.4) is 0 Å². The van der Waals surface area contributed by atoms with Gasteiger partial charge in [-0.05, 0) is 55.4 Å². The molecule has 1 aromatic rings. The molecule has 0 spiro atoms. The Bertz CT molecular complexity index is 538. The van der Waals surface area contributed by atoms with E-state index in [9.17, 15) is 4.79 Å². The van der Waals surface area contributed by atoms with E-state index >= 15 is 0 Å². The van der Waals surface area contributed by atoms with Crippen molar-refractivity contribution in [1.82, 2.24) is 5.32 Å². The Kier molecular flexibility index (Phi) is 3.29. The number of furan rings is 1. The van der Waals surface area contributed by atoms with Crippen LogP contribution in [-0.2, 0) is 11.3 Å². The molecule has 0 aliphatic heterocycles. The fourth-order valence-corrected chi connectivity index (χ4v) is 5.29. The van der Waals surface area contributed by atoms with Crippen LogP contribution in [0.15, 0.2) is 16.7 Å². The zero-order valence-corrected chi connectivity index (χ0v) is 12.5. The molecule has 2 bridgehead atoms. The number of methoxy groups -OCH3 is 1. The van der Waals surface area contributed by atoms with Crippen LogP contribution in [-0.4, -0.2) is 19.1 Å². The molecular formula is C17H23NO3. The van der Waals surface area contributed by atoms with Crippen molar-refractivity contribution in [1.29, 1.82) is 0 Å². The molecule has 4 heteroatoms. The van der Waals surface area contributed by atoms with E-state index in [-0.39, 0.29) is 5.97 Å². The van der Waals surface area contributed by atoms with Crippen LogP contribution >= 0.6 is 0 Å². The minimum atomic E-state index is -0.388. The molecule has 1 heterocycles. The van der Waals surface area contributed by atoms with E-state index in [0.717, 1.165) is 29.2 Å². The Balaban J connectivity index is 1.40. The standard InChI is InChI=1S/C17H23NO3/c1-20-17(19)16-10(5-6-21-16)9-18-15-8-11-7-14(15)13-4-2-3-12(11)13/h5-6,11-15,18H,2-4,7-9H2,1H3. The van der Waals surface area contributed by atoms with Crippen LogP contribution in [0.1, 0.15) is 48.2 Å². The molecular weight excluding hydrogens is 266 g/mol. The maximum atomic E-state index is 11.6. The van der Waals surface area contributed by atoms with Crippen molar-refractivity contribution in [2.24, 2.45) is 23.7 Å². The highest BCUT2D eigenvalue weighted by molar-refractivity contribution is 5.87. The van der Waals surface area contributed by atoms with Crippen LogP contribution in [0.4, 0.5) is 0 Å². The lowest BCUT2D eigenvalue weighted by atomic mass is 9.79. The van der Waals surface area contributed by atoms with Gasteiger partial charge in [0.15, 0.2) is 0 Å². The van der Waals surface area contributed by atoms with E-state index in [1.165, 1.54) is 39.2 Å². The quantitative estimate of drug-likeness (QED) is 0.866. The summed E-state index contributed by atoms with van der Waals surface area (Å²) >= 11 is 0. The summed E-state index contributed by atoms with van der Waals surface area (Å²) in [6.07, 6.45) is 8.63. The number of nitrogens with one attached hydrogen (secondary N) is 1. The smallest absolute Gasteiger partial charge is 0.374 e. The van der Waals surface area contributed by atoms with Gasteiger partial charge in [0, 0.05) is 18.2 Å². The van der Waals surface area contributed by atoms with E-state index in [1.54, 1.807) is 6.26 Å². The van der Waals surface area contributed by atoms with Gasteiger partial charge in [0.1, 0.15) is 0 Å². The fourth-order valence-electron chi connectivity index (χ4n) is 5.29. The summed E-state index contributed by atoms with van der Waals surface area (Å²) in [6.45, 7) is 0.701. The second-order valence-corrected chi connectivity index (χ2v) is 6.91. The molecule has 3 fully saturated rings. The minimum Gasteiger partial charge on any atom is -0.463 e. The van der Waals surface area contributed by atoms with Crippen molar-refractivity contribution in [2.75, 3.05) is 7.11 Å². The second-order valence-electron chi connectivity index (χ2n) is 6.91. The lowest BCUT2D eigenvalue weighted by molar-refractivity contribution is 0.0563. The Morgan fingerprint density at radius 1 is 1.33 bits per heavy atom. The Labute approximate surface area is 125 Å². The number of carbonyl (C=O) groups excluding carboxylic acids is 1. The Morgan fingerprint density at radius 2 is 2.19 bits per heavy atom. The minimum absolute atomic E-state index is 0.340. The molecule has 3 aliphatic carbocycles. The molecule has 114 valence electrons. The summed E-state index contributed by atoms with van der Waals surface area (Å²) in [7, 11) is 1.39. The van der Waals surface area contributed by atoms with Gasteiger partial charge >= 0.3 is 5.97 Å². The van der Waals surface area contributed by atoms with Gasteiger partial charge in [0.25, 0.3) is 0 Å². The third-order valence-corrected chi connectivity index (χ3v) is 6.10. The van der Waals surface area contributed by atoms with Crippen LogP contribution in [0.25, 0.3) is 0 Å². The first-order valence-electron chi connectivity index (χ1n) is 8.16. The van der Waals surface area contributed by atoms with Crippen molar-refractivity contribution in [3.63, 3.8) is 0 Å². The van der Waals surface area contributed by atoms with Crippen molar-refractivity contribution in [3.8, 4) is 0 Å². The van der Waals surface area contributed by atoms with E-state index in [0.29, 0.717) is 18.3 Å². The Morgan fingerprint density at radius 3 is 3.05 bits per heavy atom. The van der Waals surface area contributed by atoms with Gasteiger partial charge in [-0.1, -0.05) is 6.42 Å². The molecule has 21 heavy (non-hydrogen) atoms. The molecule has 4 rings (SSSR count). The first-order valence-corrected chi connectivity index (χ1v) is 8.16. The third-order valence-electron chi connectivity index (χ3n) is 6.10. The summed E-state index contributed by atoms with van der Waals surface area (Å²) in [5.41, 5.74) is 0.910. The number of hydrogen-bond donors (Lipinski definition) is 1. The van der Waals surface area contributed by atoms with Gasteiger partial charge in [-0.25, -0.2) is 4.79 Å². The van der Waals surface area contributed by atoms with E-state index in [2.05, 4.69) is 5.32 Å². The second kappa shape index (κ2) is 5.16. The van der Waals surface area contributed by atoms with E-state index < -0.39 is 0 Å². The van der Waals surface area contributed by atoms with Crippen molar-refractivity contribution >= 4 is 5.97 Å². The highest BCUT2D eigenvalue weighted by Gasteiger charge is 2.53. The molecule has 3 aliphatic rings. The van der Waals surface area contributed by atoms with Gasteiger partial charge in [-0.2, -0.15) is 0 Å². The fraction of sp³-hybridized carbons (Fsp3) is 0.706. The largest absolute Gasteiger partial charge is 0.463 e. The van der Waals surface area contributed by atoms with Gasteiger partial charge in [0.2, 0.25) is 5.76 Å². The van der Waals surface area contributed by atoms with Gasteiger partial charge in [0.05, 0.1) is 13.4 Å². The first-order chi connectivity index (χ1) is 10.3. The number of rotatable bonds is 4. The number of hydrogen-bond acceptors (Lipinski definition) is 4. The molecule has 0 radical (unpaired) electrons. The highest BCUT2D eigenvalue weighted by Crippen LogP contribution is 2.58. The van der Waals surface area contributed by atoms with Crippen LogP contribution in [0, 0.1) is 23.7 Å². The SMILES string of the molecule is COC(=O)c1occc1CNC1CC2CC1C1CCCC21. The zero-order valence-electron chi connectivity index (χ0n) is 12.5. The van der Waals surface area contributed by atoms with Gasteiger partial charge < -0.3 is 14.5 Å². The molecule has 5 atom stereocenters. The number of ether oxygens (including phenoxy) is 1. The van der Waals surface area contributed by atoms with Crippen LogP contribution in [0.2, 0.25) is 0 Å².